The number of carbonyl (C=O) groups is 2. The van der Waals surface area contributed by atoms with E-state index in [4.69, 9.17) is 4.74 Å². The highest BCUT2D eigenvalue weighted by Crippen LogP contribution is 2.29. The van der Waals surface area contributed by atoms with Crippen LogP contribution >= 0.6 is 0 Å². The van der Waals surface area contributed by atoms with Gasteiger partial charge in [0.25, 0.3) is 5.82 Å². The molecule has 3 aromatic rings. The van der Waals surface area contributed by atoms with E-state index in [1.165, 1.54) is 13.2 Å². The van der Waals surface area contributed by atoms with E-state index in [2.05, 4.69) is 20.6 Å². The van der Waals surface area contributed by atoms with Crippen molar-refractivity contribution in [3.63, 3.8) is 0 Å². The van der Waals surface area contributed by atoms with Gasteiger partial charge in [-0.3, -0.25) is 4.79 Å². The molecule has 1 aliphatic rings. The van der Waals surface area contributed by atoms with Crippen molar-refractivity contribution in [3.05, 3.63) is 47.3 Å². The van der Waals surface area contributed by atoms with Gasteiger partial charge >= 0.3 is 12.1 Å². The van der Waals surface area contributed by atoms with Crippen LogP contribution in [0.5, 0.6) is 0 Å². The second-order valence-corrected chi connectivity index (χ2v) is 7.75. The lowest BCUT2D eigenvalue weighted by Crippen LogP contribution is -2.38. The summed E-state index contributed by atoms with van der Waals surface area (Å²) in [5.41, 5.74) is 1.74. The van der Waals surface area contributed by atoms with Gasteiger partial charge in [-0.1, -0.05) is 0 Å². The normalized spacial score (nSPS) is 15.0. The molecule has 12 heteroatoms. The number of ether oxygens (including phenoxy) is 1. The fourth-order valence-corrected chi connectivity index (χ4v) is 3.78. The highest BCUT2D eigenvalue weighted by molar-refractivity contribution is 5.95. The number of anilines is 2. The number of hydrogen-bond acceptors (Lipinski definition) is 7. The van der Waals surface area contributed by atoms with Crippen LogP contribution in [0.25, 0.3) is 5.65 Å². The van der Waals surface area contributed by atoms with Crippen LogP contribution in [0.2, 0.25) is 0 Å². The molecule has 1 aromatic carbocycles. The number of esters is 1. The number of methoxy groups -OCH3 is 1. The molecule has 1 aliphatic heterocycles. The van der Waals surface area contributed by atoms with E-state index >= 15 is 0 Å². The quantitative estimate of drug-likeness (QED) is 0.595. The Hall–Kier alpha value is -3.70. The maximum atomic E-state index is 13.1. The monoisotopic (exact) mass is 462 g/mol. The molecular formula is C21H21F3N6O3. The molecule has 1 amide bonds. The number of carbonyl (C=O) groups excluding carboxylic acids is 2. The average Bonchev–Trinajstić information content (AvgIpc) is 3.24. The summed E-state index contributed by atoms with van der Waals surface area (Å²) < 4.78 is 44.7. The topological polar surface area (TPSA) is 102 Å². The Morgan fingerprint density at radius 2 is 1.85 bits per heavy atom. The molecule has 1 fully saturated rings. The van der Waals surface area contributed by atoms with Gasteiger partial charge in [-0.05, 0) is 55.7 Å². The van der Waals surface area contributed by atoms with Gasteiger partial charge in [0.05, 0.1) is 12.7 Å². The highest BCUT2D eigenvalue weighted by Gasteiger charge is 2.38. The minimum absolute atomic E-state index is 0.00827. The van der Waals surface area contributed by atoms with Crippen LogP contribution in [0.3, 0.4) is 0 Å². The lowest BCUT2D eigenvalue weighted by atomic mass is 9.95. The summed E-state index contributed by atoms with van der Waals surface area (Å²) in [5.74, 6) is -1.68. The molecule has 0 unspecified atom stereocenters. The summed E-state index contributed by atoms with van der Waals surface area (Å²) in [5, 5.41) is 13.6. The zero-order valence-electron chi connectivity index (χ0n) is 17.9. The maximum Gasteiger partial charge on any atom is 0.453 e. The molecule has 3 heterocycles. The largest absolute Gasteiger partial charge is 0.465 e. The standard InChI is InChI=1S/C21H21F3N6O3/c1-12-11-14(19(32)33-2)3-4-15(12)25-18(31)13-7-9-29(10-8-13)17-6-5-16-26-27-20(21(22,23)24)30(16)28-17/h3-6,11,13H,7-10H2,1-2H3,(H,25,31). The van der Waals surface area contributed by atoms with Crippen molar-refractivity contribution in [3.8, 4) is 0 Å². The molecule has 1 saturated heterocycles. The van der Waals surface area contributed by atoms with E-state index in [-0.39, 0.29) is 17.5 Å². The van der Waals surface area contributed by atoms with Crippen molar-refractivity contribution in [2.24, 2.45) is 5.92 Å². The molecule has 4 rings (SSSR count). The lowest BCUT2D eigenvalue weighted by Gasteiger charge is -2.32. The molecule has 0 spiro atoms. The Bertz CT molecular complexity index is 1200. The number of aromatic nitrogens is 4. The summed E-state index contributed by atoms with van der Waals surface area (Å²) in [7, 11) is 1.30. The predicted octanol–water partition coefficient (Wildman–Crippen LogP) is 3.09. The molecule has 174 valence electrons. The van der Waals surface area contributed by atoms with Crippen molar-refractivity contribution in [2.45, 2.75) is 25.9 Å². The average molecular weight is 462 g/mol. The van der Waals surface area contributed by atoms with Gasteiger partial charge in [-0.2, -0.15) is 17.7 Å². The van der Waals surface area contributed by atoms with Gasteiger partial charge in [0.1, 0.15) is 5.82 Å². The minimum atomic E-state index is -4.66. The van der Waals surface area contributed by atoms with E-state index in [9.17, 15) is 22.8 Å². The molecule has 0 aliphatic carbocycles. The third-order valence-corrected chi connectivity index (χ3v) is 5.60. The number of nitrogens with one attached hydrogen (secondary N) is 1. The van der Waals surface area contributed by atoms with Crippen molar-refractivity contribution in [1.29, 1.82) is 0 Å². The first-order chi connectivity index (χ1) is 15.7. The minimum Gasteiger partial charge on any atom is -0.465 e. The van der Waals surface area contributed by atoms with Crippen molar-refractivity contribution < 1.29 is 27.5 Å². The number of amides is 1. The van der Waals surface area contributed by atoms with E-state index in [0.29, 0.717) is 47.5 Å². The molecule has 0 saturated carbocycles. The fraction of sp³-hybridized carbons (Fsp3) is 0.381. The first-order valence-corrected chi connectivity index (χ1v) is 10.2. The van der Waals surface area contributed by atoms with Crippen molar-refractivity contribution >= 4 is 29.0 Å². The van der Waals surface area contributed by atoms with Gasteiger partial charge in [-0.15, -0.1) is 15.3 Å². The summed E-state index contributed by atoms with van der Waals surface area (Å²) in [6, 6.07) is 7.91. The number of piperidine rings is 1. The summed E-state index contributed by atoms with van der Waals surface area (Å²) in [6.45, 7) is 2.70. The van der Waals surface area contributed by atoms with Gasteiger partial charge in [-0.25, -0.2) is 4.79 Å². The van der Waals surface area contributed by atoms with Gasteiger partial charge in [0.15, 0.2) is 5.65 Å². The van der Waals surface area contributed by atoms with Crippen LogP contribution in [-0.2, 0) is 15.7 Å². The number of halogens is 3. The molecule has 33 heavy (non-hydrogen) atoms. The van der Waals surface area contributed by atoms with E-state index in [1.54, 1.807) is 31.2 Å². The lowest BCUT2D eigenvalue weighted by molar-refractivity contribution is -0.146. The van der Waals surface area contributed by atoms with Gasteiger partial charge < -0.3 is 15.0 Å². The molecule has 0 radical (unpaired) electrons. The number of benzene rings is 1. The number of aryl methyl sites for hydroxylation is 1. The Morgan fingerprint density at radius 3 is 2.48 bits per heavy atom. The van der Waals surface area contributed by atoms with Crippen LogP contribution in [0, 0.1) is 12.8 Å². The molecule has 2 aromatic heterocycles. The number of fused-ring (bicyclic) bond motifs is 1. The Balaban J connectivity index is 1.41. The second-order valence-electron chi connectivity index (χ2n) is 7.75. The van der Waals surface area contributed by atoms with E-state index < -0.39 is 18.0 Å². The van der Waals surface area contributed by atoms with Crippen LogP contribution in [-0.4, -0.2) is 51.9 Å². The Kier molecular flexibility index (Phi) is 5.91. The Labute approximate surface area is 186 Å². The second kappa shape index (κ2) is 8.68. The summed E-state index contributed by atoms with van der Waals surface area (Å²) in [4.78, 5) is 26.2. The van der Waals surface area contributed by atoms with E-state index in [1.807, 2.05) is 4.90 Å². The van der Waals surface area contributed by atoms with Crippen molar-refractivity contribution in [2.75, 3.05) is 30.4 Å². The molecule has 0 atom stereocenters. The molecular weight excluding hydrogens is 441 g/mol. The van der Waals surface area contributed by atoms with Crippen LogP contribution in [0.1, 0.15) is 34.6 Å². The summed E-state index contributed by atoms with van der Waals surface area (Å²) in [6.07, 6.45) is -3.64. The smallest absolute Gasteiger partial charge is 0.453 e. The summed E-state index contributed by atoms with van der Waals surface area (Å²) >= 11 is 0. The maximum absolute atomic E-state index is 13.1. The number of rotatable bonds is 4. The van der Waals surface area contributed by atoms with Crippen molar-refractivity contribution in [1.82, 2.24) is 19.8 Å². The SMILES string of the molecule is COC(=O)c1ccc(NC(=O)C2CCN(c3ccc4nnc(C(F)(F)F)n4n3)CC2)c(C)c1. The van der Waals surface area contributed by atoms with Crippen LogP contribution in [0.4, 0.5) is 24.7 Å². The first kappa shape index (κ1) is 22.5. The molecule has 0 bridgehead atoms. The third kappa shape index (κ3) is 4.59. The molecule has 9 nitrogen and oxygen atoms in total. The van der Waals surface area contributed by atoms with Gasteiger partial charge in [0, 0.05) is 24.7 Å². The first-order valence-electron chi connectivity index (χ1n) is 10.2. The van der Waals surface area contributed by atoms with Crippen LogP contribution in [0.15, 0.2) is 30.3 Å². The number of nitrogens with zero attached hydrogens (tertiary/aromatic N) is 5. The zero-order valence-corrected chi connectivity index (χ0v) is 17.9. The Morgan fingerprint density at radius 1 is 1.12 bits per heavy atom. The van der Waals surface area contributed by atoms with E-state index in [0.717, 1.165) is 5.56 Å². The molecule has 1 N–H and O–H groups in total. The highest BCUT2D eigenvalue weighted by atomic mass is 19.4. The van der Waals surface area contributed by atoms with Gasteiger partial charge in [0.2, 0.25) is 5.91 Å². The number of alkyl halides is 3. The zero-order chi connectivity index (χ0) is 23.8. The number of hydrogen-bond donors (Lipinski definition) is 1. The van der Waals surface area contributed by atoms with Crippen LogP contribution < -0.4 is 10.2 Å². The third-order valence-electron chi connectivity index (χ3n) is 5.60. The fourth-order valence-electron chi connectivity index (χ4n) is 3.78. The predicted molar refractivity (Wildman–Crippen MR) is 112 cm³/mol.